The smallest absolute Gasteiger partial charge is 0.222 e. The fourth-order valence-electron chi connectivity index (χ4n) is 2.74. The Labute approximate surface area is 136 Å². The van der Waals surface area contributed by atoms with Crippen LogP contribution in [0.4, 0.5) is 5.95 Å². The molecule has 0 bridgehead atoms. The van der Waals surface area contributed by atoms with E-state index in [1.807, 2.05) is 31.5 Å². The van der Waals surface area contributed by atoms with E-state index in [0.29, 0.717) is 12.1 Å². The number of aryl methyl sites for hydroxylation is 1. The van der Waals surface area contributed by atoms with Gasteiger partial charge in [0.15, 0.2) is 0 Å². The summed E-state index contributed by atoms with van der Waals surface area (Å²) in [6, 6.07) is 4.00. The zero-order valence-corrected chi connectivity index (χ0v) is 13.8. The molecule has 0 amide bonds. The second-order valence-corrected chi connectivity index (χ2v) is 6.12. The summed E-state index contributed by atoms with van der Waals surface area (Å²) in [6.07, 6.45) is 6.29. The number of anilines is 1. The van der Waals surface area contributed by atoms with Crippen LogP contribution in [-0.2, 0) is 17.8 Å². The summed E-state index contributed by atoms with van der Waals surface area (Å²) >= 11 is 0. The molecule has 0 radical (unpaired) electrons. The number of aromatic nitrogens is 2. The highest BCUT2D eigenvalue weighted by Crippen LogP contribution is 2.13. The van der Waals surface area contributed by atoms with Crippen molar-refractivity contribution in [3.63, 3.8) is 0 Å². The number of nitrogens with one attached hydrogen (secondary N) is 1. The Kier molecular flexibility index (Phi) is 5.25. The van der Waals surface area contributed by atoms with Crippen molar-refractivity contribution in [2.75, 3.05) is 25.5 Å². The minimum atomic E-state index is 0.293. The lowest BCUT2D eigenvalue weighted by Crippen LogP contribution is -2.20. The van der Waals surface area contributed by atoms with E-state index >= 15 is 0 Å². The van der Waals surface area contributed by atoms with Gasteiger partial charge in [0.25, 0.3) is 0 Å². The molecule has 2 aromatic rings. The summed E-state index contributed by atoms with van der Waals surface area (Å²) in [5, 5.41) is 3.23. The van der Waals surface area contributed by atoms with Crippen molar-refractivity contribution >= 4 is 5.95 Å². The molecule has 0 unspecified atom stereocenters. The highest BCUT2D eigenvalue weighted by molar-refractivity contribution is 5.25. The normalized spacial score (nSPS) is 17.8. The zero-order valence-electron chi connectivity index (χ0n) is 13.8. The molecule has 124 valence electrons. The molecular weight excluding hydrogens is 292 g/mol. The van der Waals surface area contributed by atoms with Gasteiger partial charge >= 0.3 is 0 Å². The van der Waals surface area contributed by atoms with Crippen molar-refractivity contribution in [3.05, 3.63) is 41.6 Å². The number of rotatable bonds is 7. The van der Waals surface area contributed by atoms with Gasteiger partial charge in [-0.3, -0.25) is 4.90 Å². The van der Waals surface area contributed by atoms with Crippen LogP contribution in [0.15, 0.2) is 28.9 Å². The summed E-state index contributed by atoms with van der Waals surface area (Å²) < 4.78 is 11.2. The first kappa shape index (κ1) is 16.0. The summed E-state index contributed by atoms with van der Waals surface area (Å²) in [7, 11) is 2.06. The van der Waals surface area contributed by atoms with Crippen LogP contribution in [0.25, 0.3) is 0 Å². The number of ether oxygens (including phenoxy) is 1. The lowest BCUT2D eigenvalue weighted by molar-refractivity contribution is 0.120. The van der Waals surface area contributed by atoms with Gasteiger partial charge in [-0.15, -0.1) is 0 Å². The molecular formula is C17H24N4O2. The quantitative estimate of drug-likeness (QED) is 0.847. The second-order valence-electron chi connectivity index (χ2n) is 6.12. The van der Waals surface area contributed by atoms with Gasteiger partial charge in [0.1, 0.15) is 11.5 Å². The molecule has 1 fully saturated rings. The number of nitrogens with zero attached hydrogens (tertiary/aromatic N) is 3. The van der Waals surface area contributed by atoms with Gasteiger partial charge in [-0.1, -0.05) is 0 Å². The monoisotopic (exact) mass is 316 g/mol. The van der Waals surface area contributed by atoms with Crippen LogP contribution in [0.3, 0.4) is 0 Å². The molecule has 0 saturated carbocycles. The van der Waals surface area contributed by atoms with Crippen molar-refractivity contribution < 1.29 is 9.15 Å². The molecule has 3 heterocycles. The molecule has 2 aromatic heterocycles. The van der Waals surface area contributed by atoms with E-state index in [9.17, 15) is 0 Å². The molecule has 0 aromatic carbocycles. The molecule has 6 nitrogen and oxygen atoms in total. The van der Waals surface area contributed by atoms with Gasteiger partial charge in [-0.25, -0.2) is 9.97 Å². The van der Waals surface area contributed by atoms with E-state index < -0.39 is 0 Å². The molecule has 1 saturated heterocycles. The van der Waals surface area contributed by atoms with Gasteiger partial charge in [-0.2, -0.15) is 0 Å². The van der Waals surface area contributed by atoms with E-state index in [1.54, 1.807) is 0 Å². The standard InChI is InChI=1S/C17H24N4O2/c1-13-5-6-16(23-13)12-21(2)11-14-8-18-17(19-9-14)20-10-15-4-3-7-22-15/h5-6,8-9,15H,3-4,7,10-12H2,1-2H3,(H,18,19,20)/t15-/m0/s1. The predicted molar refractivity (Wildman–Crippen MR) is 88.1 cm³/mol. The molecule has 23 heavy (non-hydrogen) atoms. The van der Waals surface area contributed by atoms with Gasteiger partial charge in [0, 0.05) is 37.7 Å². The third-order valence-corrected chi connectivity index (χ3v) is 3.89. The molecule has 6 heteroatoms. The first-order valence-corrected chi connectivity index (χ1v) is 8.09. The molecule has 0 aliphatic carbocycles. The Bertz CT molecular complexity index is 605. The Hall–Kier alpha value is -1.92. The Balaban J connectivity index is 1.46. The first-order valence-electron chi connectivity index (χ1n) is 8.09. The maximum atomic E-state index is 5.60. The highest BCUT2D eigenvalue weighted by Gasteiger charge is 2.15. The van der Waals surface area contributed by atoms with Gasteiger partial charge in [0.05, 0.1) is 12.6 Å². The molecule has 0 spiro atoms. The van der Waals surface area contributed by atoms with Crippen LogP contribution < -0.4 is 5.32 Å². The fraction of sp³-hybridized carbons (Fsp3) is 0.529. The van der Waals surface area contributed by atoms with Crippen molar-refractivity contribution in [1.82, 2.24) is 14.9 Å². The Morgan fingerprint density at radius 2 is 2.09 bits per heavy atom. The minimum Gasteiger partial charge on any atom is -0.465 e. The van der Waals surface area contributed by atoms with E-state index in [-0.39, 0.29) is 0 Å². The highest BCUT2D eigenvalue weighted by atomic mass is 16.5. The van der Waals surface area contributed by atoms with Crippen LogP contribution in [0.5, 0.6) is 0 Å². The van der Waals surface area contributed by atoms with Crippen LogP contribution in [0.2, 0.25) is 0 Å². The van der Waals surface area contributed by atoms with Crippen LogP contribution in [0, 0.1) is 6.92 Å². The molecule has 1 aliphatic rings. The number of hydrogen-bond acceptors (Lipinski definition) is 6. The van der Waals surface area contributed by atoms with Crippen molar-refractivity contribution in [3.8, 4) is 0 Å². The lowest BCUT2D eigenvalue weighted by atomic mass is 10.2. The van der Waals surface area contributed by atoms with Crippen LogP contribution in [-0.4, -0.2) is 41.2 Å². The topological polar surface area (TPSA) is 63.4 Å². The van der Waals surface area contributed by atoms with Gasteiger partial charge < -0.3 is 14.5 Å². The van der Waals surface area contributed by atoms with E-state index in [1.165, 1.54) is 0 Å². The maximum Gasteiger partial charge on any atom is 0.222 e. The summed E-state index contributed by atoms with van der Waals surface area (Å²) in [4.78, 5) is 10.9. The summed E-state index contributed by atoms with van der Waals surface area (Å²) in [6.45, 7) is 5.16. The average Bonchev–Trinajstić information content (AvgIpc) is 3.18. The number of hydrogen-bond donors (Lipinski definition) is 1. The third-order valence-electron chi connectivity index (χ3n) is 3.89. The lowest BCUT2D eigenvalue weighted by Gasteiger charge is -2.15. The zero-order chi connectivity index (χ0) is 16.1. The van der Waals surface area contributed by atoms with Crippen molar-refractivity contribution in [2.45, 2.75) is 39.0 Å². The average molecular weight is 316 g/mol. The van der Waals surface area contributed by atoms with Crippen molar-refractivity contribution in [1.29, 1.82) is 0 Å². The SMILES string of the molecule is Cc1ccc(CN(C)Cc2cnc(NC[C@@H]3CCCO3)nc2)o1. The van der Waals surface area contributed by atoms with E-state index in [0.717, 1.165) is 56.2 Å². The molecule has 3 rings (SSSR count). The molecule has 1 aliphatic heterocycles. The Morgan fingerprint density at radius 1 is 1.26 bits per heavy atom. The fourth-order valence-corrected chi connectivity index (χ4v) is 2.74. The second kappa shape index (κ2) is 7.57. The predicted octanol–water partition coefficient (Wildman–Crippen LogP) is 2.60. The van der Waals surface area contributed by atoms with Gasteiger partial charge in [-0.05, 0) is 38.9 Å². The number of furan rings is 1. The van der Waals surface area contributed by atoms with Crippen LogP contribution >= 0.6 is 0 Å². The van der Waals surface area contributed by atoms with E-state index in [2.05, 4.69) is 27.2 Å². The largest absolute Gasteiger partial charge is 0.465 e. The first-order chi connectivity index (χ1) is 11.2. The third kappa shape index (κ3) is 4.77. The summed E-state index contributed by atoms with van der Waals surface area (Å²) in [5.41, 5.74) is 1.08. The molecule has 1 atom stereocenters. The van der Waals surface area contributed by atoms with Crippen LogP contribution in [0.1, 0.15) is 29.9 Å². The van der Waals surface area contributed by atoms with E-state index in [4.69, 9.17) is 9.15 Å². The van der Waals surface area contributed by atoms with Crippen molar-refractivity contribution in [2.24, 2.45) is 0 Å². The maximum absolute atomic E-state index is 5.60. The van der Waals surface area contributed by atoms with Gasteiger partial charge in [0.2, 0.25) is 5.95 Å². The Morgan fingerprint density at radius 3 is 2.74 bits per heavy atom. The minimum absolute atomic E-state index is 0.293. The molecule has 1 N–H and O–H groups in total. The summed E-state index contributed by atoms with van der Waals surface area (Å²) in [5.74, 6) is 2.58.